The molecule has 0 bridgehead atoms. The maximum absolute atomic E-state index is 6.21. The summed E-state index contributed by atoms with van der Waals surface area (Å²) >= 11 is 6.21. The van der Waals surface area contributed by atoms with Crippen LogP contribution in [0.1, 0.15) is 5.56 Å². The number of benzene rings is 2. The van der Waals surface area contributed by atoms with Crippen LogP contribution in [0.5, 0.6) is 5.75 Å². The number of aromatic nitrogens is 1. The van der Waals surface area contributed by atoms with Gasteiger partial charge in [-0.25, -0.2) is 0 Å². The van der Waals surface area contributed by atoms with Crippen LogP contribution in [-0.2, 0) is 0 Å². The van der Waals surface area contributed by atoms with Crippen molar-refractivity contribution in [3.63, 3.8) is 0 Å². The molecule has 0 saturated carbocycles. The van der Waals surface area contributed by atoms with Gasteiger partial charge in [-0.3, -0.25) is 4.99 Å². The number of methoxy groups -OCH3 is 1. The minimum atomic E-state index is 0.711. The van der Waals surface area contributed by atoms with Crippen molar-refractivity contribution >= 4 is 28.3 Å². The van der Waals surface area contributed by atoms with Gasteiger partial charge in [-0.2, -0.15) is 0 Å². The van der Waals surface area contributed by atoms with Gasteiger partial charge in [-0.05, 0) is 30.3 Å². The lowest BCUT2D eigenvalue weighted by Crippen LogP contribution is -2.19. The molecule has 116 valence electrons. The standard InChI is InChI=1S/C18H16ClN3O/c1-23-15-5-3-2-4-12(15)17-16(18-20-8-9-21-18)13-10-11(19)6-7-14(13)22-17/h2-7,10,22H,8-9H2,1H3,(H,20,21). The van der Waals surface area contributed by atoms with E-state index in [4.69, 9.17) is 16.3 Å². The van der Waals surface area contributed by atoms with E-state index in [1.165, 1.54) is 0 Å². The second-order valence-electron chi connectivity index (χ2n) is 5.42. The Hall–Kier alpha value is -2.46. The fourth-order valence-electron chi connectivity index (χ4n) is 3.03. The first-order chi connectivity index (χ1) is 11.3. The summed E-state index contributed by atoms with van der Waals surface area (Å²) in [5, 5.41) is 5.14. The first-order valence-corrected chi connectivity index (χ1v) is 7.89. The van der Waals surface area contributed by atoms with Crippen LogP contribution in [0.4, 0.5) is 0 Å². The van der Waals surface area contributed by atoms with Crippen LogP contribution >= 0.6 is 11.6 Å². The van der Waals surface area contributed by atoms with E-state index < -0.39 is 0 Å². The number of rotatable bonds is 3. The summed E-state index contributed by atoms with van der Waals surface area (Å²) in [7, 11) is 1.68. The summed E-state index contributed by atoms with van der Waals surface area (Å²) in [5.74, 6) is 1.73. The molecule has 23 heavy (non-hydrogen) atoms. The van der Waals surface area contributed by atoms with E-state index in [0.29, 0.717) is 5.02 Å². The van der Waals surface area contributed by atoms with Crippen LogP contribution in [-0.4, -0.2) is 31.0 Å². The minimum absolute atomic E-state index is 0.711. The first kappa shape index (κ1) is 14.2. The number of aromatic amines is 1. The summed E-state index contributed by atoms with van der Waals surface area (Å²) in [6, 6.07) is 13.8. The van der Waals surface area contributed by atoms with Crippen molar-refractivity contribution in [3.05, 3.63) is 53.1 Å². The molecule has 0 aliphatic carbocycles. The van der Waals surface area contributed by atoms with Gasteiger partial charge in [0, 0.05) is 28.0 Å². The molecule has 4 nitrogen and oxygen atoms in total. The third kappa shape index (κ3) is 2.35. The Morgan fingerprint density at radius 2 is 2.04 bits per heavy atom. The normalized spacial score (nSPS) is 13.9. The summed E-state index contributed by atoms with van der Waals surface area (Å²) in [6.07, 6.45) is 0. The Kier molecular flexibility index (Phi) is 3.46. The Bertz CT molecular complexity index is 914. The fourth-order valence-corrected chi connectivity index (χ4v) is 3.20. The van der Waals surface area contributed by atoms with E-state index in [2.05, 4.69) is 15.3 Å². The number of aliphatic imine (C=N–C) groups is 1. The number of nitrogens with one attached hydrogen (secondary N) is 2. The van der Waals surface area contributed by atoms with Crippen LogP contribution in [0, 0.1) is 0 Å². The summed E-state index contributed by atoms with van der Waals surface area (Å²) in [6.45, 7) is 1.64. The van der Waals surface area contributed by atoms with E-state index in [0.717, 1.165) is 52.4 Å². The predicted octanol–water partition coefficient (Wildman–Crippen LogP) is 3.85. The third-order valence-electron chi connectivity index (χ3n) is 4.05. The van der Waals surface area contributed by atoms with E-state index >= 15 is 0 Å². The zero-order valence-corrected chi connectivity index (χ0v) is 13.4. The zero-order valence-electron chi connectivity index (χ0n) is 12.7. The lowest BCUT2D eigenvalue weighted by Gasteiger charge is -2.10. The Morgan fingerprint density at radius 3 is 2.83 bits per heavy atom. The highest BCUT2D eigenvalue weighted by Gasteiger charge is 2.21. The summed E-state index contributed by atoms with van der Waals surface area (Å²) in [4.78, 5) is 8.10. The number of ether oxygens (including phenoxy) is 1. The van der Waals surface area contributed by atoms with Crippen molar-refractivity contribution in [2.24, 2.45) is 4.99 Å². The third-order valence-corrected chi connectivity index (χ3v) is 4.28. The number of halogens is 1. The number of hydrogen-bond donors (Lipinski definition) is 2. The Balaban J connectivity index is 2.04. The smallest absolute Gasteiger partial charge is 0.131 e. The first-order valence-electron chi connectivity index (χ1n) is 7.51. The molecule has 1 aromatic heterocycles. The molecule has 1 aliphatic heterocycles. The second kappa shape index (κ2) is 5.63. The molecule has 2 aromatic carbocycles. The Morgan fingerprint density at radius 1 is 1.17 bits per heavy atom. The summed E-state index contributed by atoms with van der Waals surface area (Å²) < 4.78 is 5.53. The van der Waals surface area contributed by atoms with E-state index in [9.17, 15) is 0 Å². The average Bonchev–Trinajstić information content (AvgIpc) is 3.21. The van der Waals surface area contributed by atoms with Crippen LogP contribution < -0.4 is 10.1 Å². The zero-order chi connectivity index (χ0) is 15.8. The second-order valence-corrected chi connectivity index (χ2v) is 5.86. The summed E-state index contributed by atoms with van der Waals surface area (Å²) in [5.41, 5.74) is 4.08. The molecule has 0 atom stereocenters. The van der Waals surface area contributed by atoms with Gasteiger partial charge in [0.25, 0.3) is 0 Å². The molecule has 2 N–H and O–H groups in total. The van der Waals surface area contributed by atoms with Crippen molar-refractivity contribution in [1.82, 2.24) is 10.3 Å². The maximum Gasteiger partial charge on any atom is 0.131 e. The van der Waals surface area contributed by atoms with Gasteiger partial charge in [0.05, 0.1) is 24.9 Å². The van der Waals surface area contributed by atoms with Gasteiger partial charge in [-0.1, -0.05) is 23.7 Å². The molecule has 0 amide bonds. The highest BCUT2D eigenvalue weighted by atomic mass is 35.5. The number of hydrogen-bond acceptors (Lipinski definition) is 3. The van der Waals surface area contributed by atoms with E-state index in [1.807, 2.05) is 42.5 Å². The van der Waals surface area contributed by atoms with Crippen LogP contribution in [0.25, 0.3) is 22.2 Å². The topological polar surface area (TPSA) is 49.4 Å². The molecular formula is C18H16ClN3O. The monoisotopic (exact) mass is 325 g/mol. The number of amidine groups is 1. The quantitative estimate of drug-likeness (QED) is 0.768. The van der Waals surface area contributed by atoms with Gasteiger partial charge in [-0.15, -0.1) is 0 Å². The van der Waals surface area contributed by atoms with Crippen LogP contribution in [0.15, 0.2) is 47.5 Å². The lowest BCUT2D eigenvalue weighted by molar-refractivity contribution is 0.416. The molecule has 0 radical (unpaired) electrons. The molecule has 1 aliphatic rings. The molecule has 5 heteroatoms. The number of H-pyrrole nitrogens is 1. The molecule has 3 aromatic rings. The fraction of sp³-hybridized carbons (Fsp3) is 0.167. The SMILES string of the molecule is COc1ccccc1-c1[nH]c2ccc(Cl)cc2c1C1=NCCN1. The van der Waals surface area contributed by atoms with E-state index in [-0.39, 0.29) is 0 Å². The largest absolute Gasteiger partial charge is 0.496 e. The molecular weight excluding hydrogens is 310 g/mol. The van der Waals surface area contributed by atoms with Gasteiger partial charge in [0.1, 0.15) is 11.6 Å². The average molecular weight is 326 g/mol. The van der Waals surface area contributed by atoms with Gasteiger partial charge < -0.3 is 15.0 Å². The lowest BCUT2D eigenvalue weighted by atomic mass is 10.0. The van der Waals surface area contributed by atoms with Crippen LogP contribution in [0.2, 0.25) is 5.02 Å². The van der Waals surface area contributed by atoms with Crippen LogP contribution in [0.3, 0.4) is 0 Å². The molecule has 0 saturated heterocycles. The number of para-hydroxylation sites is 1. The highest BCUT2D eigenvalue weighted by Crippen LogP contribution is 2.36. The van der Waals surface area contributed by atoms with Crippen molar-refractivity contribution in [3.8, 4) is 17.0 Å². The molecule has 0 spiro atoms. The minimum Gasteiger partial charge on any atom is -0.496 e. The number of fused-ring (bicyclic) bond motifs is 1. The van der Waals surface area contributed by atoms with Crippen molar-refractivity contribution < 1.29 is 4.74 Å². The van der Waals surface area contributed by atoms with Gasteiger partial charge >= 0.3 is 0 Å². The predicted molar refractivity (Wildman–Crippen MR) is 94.7 cm³/mol. The Labute approximate surface area is 139 Å². The van der Waals surface area contributed by atoms with Crippen molar-refractivity contribution in [1.29, 1.82) is 0 Å². The van der Waals surface area contributed by atoms with Crippen molar-refractivity contribution in [2.75, 3.05) is 20.2 Å². The molecule has 0 unspecified atom stereocenters. The van der Waals surface area contributed by atoms with Crippen molar-refractivity contribution in [2.45, 2.75) is 0 Å². The van der Waals surface area contributed by atoms with Gasteiger partial charge in [0.2, 0.25) is 0 Å². The number of nitrogens with zero attached hydrogens (tertiary/aromatic N) is 1. The highest BCUT2D eigenvalue weighted by molar-refractivity contribution is 6.31. The molecule has 2 heterocycles. The molecule has 0 fully saturated rings. The maximum atomic E-state index is 6.21. The van der Waals surface area contributed by atoms with E-state index in [1.54, 1.807) is 7.11 Å². The molecule has 4 rings (SSSR count). The van der Waals surface area contributed by atoms with Gasteiger partial charge in [0.15, 0.2) is 0 Å².